The quantitative estimate of drug-likeness (QED) is 0.171. The van der Waals surface area contributed by atoms with Crippen LogP contribution >= 0.6 is 0 Å². The summed E-state index contributed by atoms with van der Waals surface area (Å²) in [6.07, 6.45) is 10.9. The Morgan fingerprint density at radius 1 is 1.00 bits per heavy atom. The van der Waals surface area contributed by atoms with Crippen LogP contribution in [0.4, 0.5) is 11.5 Å². The second-order valence-corrected chi connectivity index (χ2v) is 11.2. The lowest BCUT2D eigenvalue weighted by molar-refractivity contribution is -0.128. The van der Waals surface area contributed by atoms with Gasteiger partial charge in [0.05, 0.1) is 37.9 Å². The molecule has 1 saturated heterocycles. The fourth-order valence-corrected chi connectivity index (χ4v) is 6.02. The summed E-state index contributed by atoms with van der Waals surface area (Å²) in [5, 5.41) is 11.8. The van der Waals surface area contributed by atoms with Crippen molar-refractivity contribution in [1.82, 2.24) is 14.9 Å². The van der Waals surface area contributed by atoms with E-state index in [-0.39, 0.29) is 18.4 Å². The SMILES string of the molecule is C=CC(=O)N1CCN(c2nc(OC)nc3c2CCN(c2cccc4ccccc24)C3)CC1CC#N.CC.CCCCCCCC. The van der Waals surface area contributed by atoms with Gasteiger partial charge < -0.3 is 19.4 Å². The van der Waals surface area contributed by atoms with Crippen LogP contribution < -0.4 is 14.5 Å². The summed E-state index contributed by atoms with van der Waals surface area (Å²) in [7, 11) is 1.58. The Hall–Kier alpha value is -4.12. The molecule has 8 heteroatoms. The van der Waals surface area contributed by atoms with Crippen LogP contribution in [0.15, 0.2) is 55.1 Å². The number of rotatable bonds is 10. The largest absolute Gasteiger partial charge is 0.467 e. The van der Waals surface area contributed by atoms with Crippen LogP contribution in [-0.4, -0.2) is 60.1 Å². The number of amides is 1. The molecule has 2 aliphatic rings. The van der Waals surface area contributed by atoms with Gasteiger partial charge in [0.2, 0.25) is 5.91 Å². The predicted octanol–water partition coefficient (Wildman–Crippen LogP) is 7.71. The topological polar surface area (TPSA) is 85.6 Å². The van der Waals surface area contributed by atoms with Crippen LogP contribution in [0.5, 0.6) is 6.01 Å². The summed E-state index contributed by atoms with van der Waals surface area (Å²) in [6, 6.07) is 17.2. The molecule has 0 saturated carbocycles. The molecule has 5 rings (SSSR count). The standard InChI is InChI=1S/C27H28N6O2.C8H18.C2H6/c1-3-25(34)33-16-15-32(17-20(33)11-13-28)26-22-12-14-31(18-23(22)29-27(30-26)35-2)24-10-6-8-19-7-4-5-9-21(19)24;1-3-5-7-8-6-4-2;1-2/h3-10,20H,1,11-12,14-18H2,2H3;3-8H2,1-2H3;1-2H3. The van der Waals surface area contributed by atoms with Crippen LogP contribution in [0.3, 0.4) is 0 Å². The minimum absolute atomic E-state index is 0.141. The Morgan fingerprint density at radius 2 is 1.71 bits per heavy atom. The maximum Gasteiger partial charge on any atom is 0.318 e. The van der Waals surface area contributed by atoms with Crippen LogP contribution in [-0.2, 0) is 17.8 Å². The third-order valence-corrected chi connectivity index (χ3v) is 8.34. The van der Waals surface area contributed by atoms with Crippen molar-refractivity contribution in [2.75, 3.05) is 43.1 Å². The first-order valence-electron chi connectivity index (χ1n) is 16.8. The summed E-state index contributed by atoms with van der Waals surface area (Å²) in [5.41, 5.74) is 3.26. The van der Waals surface area contributed by atoms with Gasteiger partial charge in [-0.05, 0) is 23.9 Å². The normalized spacial score (nSPS) is 15.6. The average Bonchev–Trinajstić information content (AvgIpc) is 3.10. The Balaban J connectivity index is 0.000000483. The summed E-state index contributed by atoms with van der Waals surface area (Å²) in [4.78, 5) is 28.0. The number of nitrogens with zero attached hydrogens (tertiary/aromatic N) is 6. The van der Waals surface area contributed by atoms with Crippen molar-refractivity contribution in [3.63, 3.8) is 0 Å². The number of fused-ring (bicyclic) bond motifs is 2. The summed E-state index contributed by atoms with van der Waals surface area (Å²) in [5.74, 6) is 0.705. The number of carbonyl (C=O) groups excluding carboxylic acids is 1. The number of carbonyl (C=O) groups is 1. The fourth-order valence-electron chi connectivity index (χ4n) is 6.02. The molecule has 0 spiro atoms. The average molecular weight is 613 g/mol. The molecule has 0 radical (unpaired) electrons. The summed E-state index contributed by atoms with van der Waals surface area (Å²) in [6.45, 7) is 15.3. The maximum absolute atomic E-state index is 12.3. The molecule has 8 nitrogen and oxygen atoms in total. The lowest BCUT2D eigenvalue weighted by Gasteiger charge is -2.42. The Labute approximate surface area is 270 Å². The van der Waals surface area contributed by atoms with Crippen molar-refractivity contribution < 1.29 is 9.53 Å². The second-order valence-electron chi connectivity index (χ2n) is 11.2. The third-order valence-electron chi connectivity index (χ3n) is 8.34. The van der Waals surface area contributed by atoms with E-state index in [1.165, 1.54) is 61.1 Å². The van der Waals surface area contributed by atoms with E-state index in [0.717, 1.165) is 30.0 Å². The number of unbranched alkanes of at least 4 members (excludes halogenated alkanes) is 5. The van der Waals surface area contributed by atoms with Gasteiger partial charge in [-0.2, -0.15) is 15.2 Å². The van der Waals surface area contributed by atoms with Gasteiger partial charge in [-0.3, -0.25) is 4.79 Å². The second kappa shape index (κ2) is 18.6. The van der Waals surface area contributed by atoms with Crippen LogP contribution in [0.2, 0.25) is 0 Å². The molecule has 0 N–H and O–H groups in total. The predicted molar refractivity (Wildman–Crippen MR) is 186 cm³/mol. The van der Waals surface area contributed by atoms with Gasteiger partial charge in [0.25, 0.3) is 0 Å². The molecule has 1 unspecified atom stereocenters. The molecule has 1 atom stereocenters. The van der Waals surface area contributed by atoms with E-state index in [9.17, 15) is 10.1 Å². The van der Waals surface area contributed by atoms with Gasteiger partial charge in [0, 0.05) is 42.8 Å². The molecule has 0 bridgehead atoms. The van der Waals surface area contributed by atoms with Gasteiger partial charge in [-0.15, -0.1) is 0 Å². The van der Waals surface area contributed by atoms with Gasteiger partial charge in [0.1, 0.15) is 5.82 Å². The highest BCUT2D eigenvalue weighted by Gasteiger charge is 2.33. The van der Waals surface area contributed by atoms with Crippen LogP contribution in [0.25, 0.3) is 10.8 Å². The molecule has 45 heavy (non-hydrogen) atoms. The van der Waals surface area contributed by atoms with Crippen molar-refractivity contribution in [3.8, 4) is 12.1 Å². The van der Waals surface area contributed by atoms with E-state index in [1.54, 1.807) is 12.0 Å². The number of benzene rings is 2. The van der Waals surface area contributed by atoms with Crippen molar-refractivity contribution in [1.29, 1.82) is 5.26 Å². The molecule has 3 aromatic rings. The molecular weight excluding hydrogens is 560 g/mol. The lowest BCUT2D eigenvalue weighted by Crippen LogP contribution is -2.55. The Morgan fingerprint density at radius 3 is 2.38 bits per heavy atom. The number of anilines is 2. The molecule has 3 heterocycles. The monoisotopic (exact) mass is 612 g/mol. The smallest absolute Gasteiger partial charge is 0.318 e. The highest BCUT2D eigenvalue weighted by atomic mass is 16.5. The van der Waals surface area contributed by atoms with Crippen LogP contribution in [0, 0.1) is 11.3 Å². The van der Waals surface area contributed by atoms with E-state index in [2.05, 4.69) is 78.8 Å². The molecule has 1 aromatic heterocycles. The first-order chi connectivity index (χ1) is 22.0. The molecular formula is C37H52N6O2. The van der Waals surface area contributed by atoms with Gasteiger partial charge in [0.15, 0.2) is 0 Å². The summed E-state index contributed by atoms with van der Waals surface area (Å²) < 4.78 is 5.48. The van der Waals surface area contributed by atoms with E-state index >= 15 is 0 Å². The van der Waals surface area contributed by atoms with Crippen molar-refractivity contribution in [3.05, 3.63) is 66.4 Å². The van der Waals surface area contributed by atoms with Crippen molar-refractivity contribution in [2.24, 2.45) is 0 Å². The molecule has 1 amide bonds. The van der Waals surface area contributed by atoms with Crippen molar-refractivity contribution in [2.45, 2.75) is 91.6 Å². The molecule has 2 aliphatic heterocycles. The molecule has 242 valence electrons. The highest BCUT2D eigenvalue weighted by molar-refractivity contribution is 5.94. The zero-order valence-electron chi connectivity index (χ0n) is 28.1. The van der Waals surface area contributed by atoms with Crippen LogP contribution in [0.1, 0.15) is 83.9 Å². The van der Waals surface area contributed by atoms with E-state index in [0.29, 0.717) is 32.2 Å². The number of nitriles is 1. The summed E-state index contributed by atoms with van der Waals surface area (Å²) >= 11 is 0. The van der Waals surface area contributed by atoms with Gasteiger partial charge in [-0.25, -0.2) is 0 Å². The zero-order chi connectivity index (χ0) is 32.6. The number of hydrogen-bond acceptors (Lipinski definition) is 7. The first kappa shape index (κ1) is 35.4. The minimum atomic E-state index is -0.216. The van der Waals surface area contributed by atoms with Gasteiger partial charge in [-0.1, -0.05) is 109 Å². The van der Waals surface area contributed by atoms with E-state index in [1.807, 2.05) is 13.8 Å². The Bertz CT molecular complexity index is 1410. The Kier molecular flexibility index (Phi) is 14.6. The first-order valence-corrected chi connectivity index (χ1v) is 16.8. The lowest BCUT2D eigenvalue weighted by atomic mass is 10.0. The molecule has 1 fully saturated rings. The number of ether oxygens (including phenoxy) is 1. The van der Waals surface area contributed by atoms with Gasteiger partial charge >= 0.3 is 6.01 Å². The third kappa shape index (κ3) is 9.20. The van der Waals surface area contributed by atoms with E-state index in [4.69, 9.17) is 14.7 Å². The molecule has 0 aliphatic carbocycles. The highest BCUT2D eigenvalue weighted by Crippen LogP contribution is 2.34. The minimum Gasteiger partial charge on any atom is -0.467 e. The fraction of sp³-hybridized carbons (Fsp3) is 0.514. The zero-order valence-corrected chi connectivity index (χ0v) is 28.1. The number of aromatic nitrogens is 2. The number of hydrogen-bond donors (Lipinski definition) is 0. The van der Waals surface area contributed by atoms with Crippen molar-refractivity contribution >= 4 is 28.2 Å². The molecule has 2 aromatic carbocycles. The van der Waals surface area contributed by atoms with E-state index < -0.39 is 0 Å². The number of methoxy groups -OCH3 is 1. The maximum atomic E-state index is 12.3. The number of piperazine rings is 1.